The fourth-order valence-corrected chi connectivity index (χ4v) is 2.67. The monoisotopic (exact) mass is 291 g/mol. The molecule has 0 bridgehead atoms. The van der Waals surface area contributed by atoms with E-state index in [4.69, 9.17) is 10.3 Å². The van der Waals surface area contributed by atoms with E-state index in [0.717, 1.165) is 36.8 Å². The van der Waals surface area contributed by atoms with Crippen molar-refractivity contribution in [2.24, 2.45) is 5.73 Å². The molecule has 0 amide bonds. The molecule has 1 saturated heterocycles. The molecule has 9 heteroatoms. The Bertz CT molecular complexity index is 506. The zero-order chi connectivity index (χ0) is 14.0. The fraction of sp³-hybridized carbons (Fsp3) is 0.700. The van der Waals surface area contributed by atoms with E-state index in [1.807, 2.05) is 0 Å². The van der Waals surface area contributed by atoms with Crippen LogP contribution in [0.5, 0.6) is 0 Å². The average molecular weight is 291 g/mol. The Balaban J connectivity index is 2.22. The van der Waals surface area contributed by atoms with Gasteiger partial charge in [0.1, 0.15) is 0 Å². The molecule has 0 radical (unpaired) electrons. The first-order valence-electron chi connectivity index (χ1n) is 6.15. The molecule has 1 fully saturated rings. The van der Waals surface area contributed by atoms with E-state index in [1.165, 1.54) is 6.42 Å². The molecule has 0 aromatic carbocycles. The topological polar surface area (TPSA) is 108 Å². The molecule has 8 nitrogen and oxygen atoms in total. The summed E-state index contributed by atoms with van der Waals surface area (Å²) in [6.45, 7) is 3.55. The number of allylic oxidation sites excluding steroid dienone is 1. The second-order valence-electron chi connectivity index (χ2n) is 4.64. The van der Waals surface area contributed by atoms with Crippen LogP contribution in [0.2, 0.25) is 0 Å². The summed E-state index contributed by atoms with van der Waals surface area (Å²) in [5.74, 6) is 0.847. The summed E-state index contributed by atoms with van der Waals surface area (Å²) in [6.07, 6.45) is 4.34. The third kappa shape index (κ3) is 3.66. The zero-order valence-corrected chi connectivity index (χ0v) is 11.6. The number of hydroxylamine groups is 2. The lowest BCUT2D eigenvalue weighted by molar-refractivity contribution is -0.539. The van der Waals surface area contributed by atoms with E-state index in [0.29, 0.717) is 5.70 Å². The summed E-state index contributed by atoms with van der Waals surface area (Å²) in [5, 5.41) is 3.88. The molecule has 0 aromatic heterocycles. The molecular formula is C10H19N4O4S+. The van der Waals surface area contributed by atoms with Crippen molar-refractivity contribution in [3.63, 3.8) is 0 Å². The molecule has 0 aromatic rings. The number of hydrogen-bond donors (Lipinski definition) is 3. The number of piperidine rings is 1. The molecule has 1 atom stereocenters. The Morgan fingerprint density at radius 3 is 2.63 bits per heavy atom. The van der Waals surface area contributed by atoms with Crippen molar-refractivity contribution in [1.82, 2.24) is 10.4 Å². The van der Waals surface area contributed by atoms with Crippen LogP contribution in [0.1, 0.15) is 26.2 Å². The first-order valence-corrected chi connectivity index (χ1v) is 7.52. The van der Waals surface area contributed by atoms with Crippen molar-refractivity contribution in [3.8, 4) is 0 Å². The molecule has 19 heavy (non-hydrogen) atoms. The minimum absolute atomic E-state index is 0.504. The van der Waals surface area contributed by atoms with E-state index in [2.05, 4.69) is 14.2 Å². The van der Waals surface area contributed by atoms with Gasteiger partial charge in [-0.25, -0.2) is 5.32 Å². The van der Waals surface area contributed by atoms with Crippen LogP contribution >= 0.6 is 0 Å². The fourth-order valence-electron chi connectivity index (χ4n) is 2.26. The van der Waals surface area contributed by atoms with Gasteiger partial charge < -0.3 is 0 Å². The quantitative estimate of drug-likeness (QED) is 0.459. The maximum Gasteiger partial charge on any atom is 0.418 e. The Labute approximate surface area is 112 Å². The summed E-state index contributed by atoms with van der Waals surface area (Å²) in [7, 11) is -4.59. The summed E-state index contributed by atoms with van der Waals surface area (Å²) < 4.78 is 36.8. The lowest BCUT2D eigenvalue weighted by Gasteiger charge is -2.30. The van der Waals surface area contributed by atoms with Crippen molar-refractivity contribution >= 4 is 16.2 Å². The van der Waals surface area contributed by atoms with E-state index in [9.17, 15) is 8.42 Å². The highest BCUT2D eigenvalue weighted by Gasteiger charge is 2.31. The molecular weight excluding hydrogens is 272 g/mol. The highest BCUT2D eigenvalue weighted by Crippen LogP contribution is 2.14. The predicted octanol–water partition coefficient (Wildman–Crippen LogP) is -0.633. The molecule has 1 unspecified atom stereocenters. The highest BCUT2D eigenvalue weighted by molar-refractivity contribution is 7.80. The molecule has 0 saturated carbocycles. The standard InChI is InChI=1S/C10H18N4O4S/c1-8-7-9(13-5-3-2-4-6-13)12-10(11)14(8)18-19(15,16)17/h7,10H,2-6,11H2,1H3,(H,15,16,17)/p+1. The number of nitrogens with zero attached hydrogens (tertiary/aromatic N) is 2. The smallest absolute Gasteiger partial charge is 0.273 e. The average Bonchev–Trinajstić information content (AvgIpc) is 2.33. The van der Waals surface area contributed by atoms with Crippen LogP contribution in [0, 0.1) is 0 Å². The van der Waals surface area contributed by atoms with Gasteiger partial charge in [-0.15, -0.1) is 4.28 Å². The van der Waals surface area contributed by atoms with Crippen molar-refractivity contribution in [3.05, 3.63) is 11.8 Å². The SMILES string of the molecule is CC1=CC(=[N+]2CCCCC2)NC(N)N1OS(=O)(=O)O. The summed E-state index contributed by atoms with van der Waals surface area (Å²) >= 11 is 0. The summed E-state index contributed by atoms with van der Waals surface area (Å²) in [6, 6.07) is 0. The summed E-state index contributed by atoms with van der Waals surface area (Å²) in [5.41, 5.74) is 6.30. The molecule has 0 aliphatic carbocycles. The van der Waals surface area contributed by atoms with Crippen molar-refractivity contribution in [1.29, 1.82) is 0 Å². The molecule has 0 spiro atoms. The Morgan fingerprint density at radius 1 is 1.47 bits per heavy atom. The first-order chi connectivity index (χ1) is 8.87. The number of amidine groups is 1. The zero-order valence-electron chi connectivity index (χ0n) is 10.7. The van der Waals surface area contributed by atoms with Gasteiger partial charge in [-0.3, -0.25) is 14.9 Å². The molecule has 2 aliphatic heterocycles. The van der Waals surface area contributed by atoms with Gasteiger partial charge in [-0.05, 0) is 26.2 Å². The van der Waals surface area contributed by atoms with Gasteiger partial charge in [-0.1, -0.05) is 0 Å². The van der Waals surface area contributed by atoms with E-state index in [-0.39, 0.29) is 0 Å². The Kier molecular flexibility index (Phi) is 4.09. The predicted molar refractivity (Wildman–Crippen MR) is 68.2 cm³/mol. The minimum Gasteiger partial charge on any atom is -0.273 e. The van der Waals surface area contributed by atoms with Gasteiger partial charge in [0.05, 0.1) is 18.8 Å². The number of hydrogen-bond acceptors (Lipinski definition) is 5. The molecule has 2 heterocycles. The normalized spacial score (nSPS) is 25.1. The lowest BCUT2D eigenvalue weighted by Crippen LogP contribution is -2.58. The Hall–Kier alpha value is -1.16. The second-order valence-corrected chi connectivity index (χ2v) is 5.64. The highest BCUT2D eigenvalue weighted by atomic mass is 32.3. The lowest BCUT2D eigenvalue weighted by atomic mass is 10.1. The van der Waals surface area contributed by atoms with Gasteiger partial charge in [0, 0.05) is 6.08 Å². The van der Waals surface area contributed by atoms with Crippen molar-refractivity contribution < 1.29 is 21.8 Å². The molecule has 108 valence electrons. The first kappa shape index (κ1) is 14.3. The maximum atomic E-state index is 10.7. The third-order valence-electron chi connectivity index (χ3n) is 3.11. The van der Waals surface area contributed by atoms with E-state index in [1.54, 1.807) is 13.0 Å². The largest absolute Gasteiger partial charge is 0.418 e. The number of nitrogens with one attached hydrogen (secondary N) is 1. The van der Waals surface area contributed by atoms with Gasteiger partial charge >= 0.3 is 10.4 Å². The molecule has 2 aliphatic rings. The van der Waals surface area contributed by atoms with E-state index < -0.39 is 16.7 Å². The van der Waals surface area contributed by atoms with Gasteiger partial charge in [0.15, 0.2) is 0 Å². The van der Waals surface area contributed by atoms with Crippen LogP contribution in [0.15, 0.2) is 11.8 Å². The van der Waals surface area contributed by atoms with Crippen LogP contribution in [-0.2, 0) is 14.7 Å². The van der Waals surface area contributed by atoms with Gasteiger partial charge in [-0.2, -0.15) is 13.5 Å². The molecule has 4 N–H and O–H groups in total. The van der Waals surface area contributed by atoms with Crippen LogP contribution in [0.25, 0.3) is 0 Å². The minimum atomic E-state index is -4.59. The second kappa shape index (κ2) is 5.45. The molecule has 2 rings (SSSR count). The maximum absolute atomic E-state index is 10.7. The van der Waals surface area contributed by atoms with Crippen LogP contribution in [-0.4, -0.2) is 47.8 Å². The number of nitrogens with two attached hydrogens (primary N) is 1. The van der Waals surface area contributed by atoms with Crippen LogP contribution in [0.4, 0.5) is 0 Å². The van der Waals surface area contributed by atoms with Gasteiger partial charge in [0.2, 0.25) is 6.29 Å². The van der Waals surface area contributed by atoms with Crippen molar-refractivity contribution in [2.75, 3.05) is 13.1 Å². The van der Waals surface area contributed by atoms with Crippen LogP contribution in [0.3, 0.4) is 0 Å². The third-order valence-corrected chi connectivity index (χ3v) is 3.46. The van der Waals surface area contributed by atoms with Crippen LogP contribution < -0.4 is 11.1 Å². The van der Waals surface area contributed by atoms with E-state index >= 15 is 0 Å². The number of rotatable bonds is 2. The summed E-state index contributed by atoms with van der Waals surface area (Å²) in [4.78, 5) is 0. The van der Waals surface area contributed by atoms with Crippen molar-refractivity contribution in [2.45, 2.75) is 32.5 Å². The Morgan fingerprint density at radius 2 is 2.11 bits per heavy atom. The van der Waals surface area contributed by atoms with Gasteiger partial charge in [0.25, 0.3) is 5.84 Å².